The standard InChI is InChI=1S/C16H19N5O2S2/c1-11-2-4-12(5-3-11)14(23)20-6-8-21(9-7-20)15-18-19-16(25-15)24-10-13(17)22/h2-5H,6-10H2,1H3,(H2,17,22). The topological polar surface area (TPSA) is 92.4 Å². The molecule has 132 valence electrons. The average molecular weight is 377 g/mol. The van der Waals surface area contributed by atoms with Crippen LogP contribution in [0.25, 0.3) is 0 Å². The molecule has 2 amide bonds. The van der Waals surface area contributed by atoms with Crippen molar-refractivity contribution in [3.8, 4) is 0 Å². The predicted molar refractivity (Wildman–Crippen MR) is 99.1 cm³/mol. The van der Waals surface area contributed by atoms with E-state index in [2.05, 4.69) is 15.1 Å². The Morgan fingerprint density at radius 1 is 1.16 bits per heavy atom. The van der Waals surface area contributed by atoms with Crippen LogP contribution in [0.1, 0.15) is 15.9 Å². The quantitative estimate of drug-likeness (QED) is 0.792. The van der Waals surface area contributed by atoms with Crippen LogP contribution >= 0.6 is 23.1 Å². The molecule has 0 spiro atoms. The van der Waals surface area contributed by atoms with Crippen LogP contribution in [0.4, 0.5) is 5.13 Å². The number of nitrogens with zero attached hydrogens (tertiary/aromatic N) is 4. The normalized spacial score (nSPS) is 14.6. The Morgan fingerprint density at radius 2 is 1.84 bits per heavy atom. The highest BCUT2D eigenvalue weighted by atomic mass is 32.2. The molecule has 1 aromatic carbocycles. The molecule has 1 fully saturated rings. The van der Waals surface area contributed by atoms with Crippen LogP contribution in [-0.2, 0) is 4.79 Å². The van der Waals surface area contributed by atoms with E-state index in [-0.39, 0.29) is 17.6 Å². The number of aryl methyl sites for hydroxylation is 1. The number of thioether (sulfide) groups is 1. The summed E-state index contributed by atoms with van der Waals surface area (Å²) in [5.74, 6) is -0.104. The lowest BCUT2D eigenvalue weighted by Gasteiger charge is -2.34. The maximum absolute atomic E-state index is 12.5. The Balaban J connectivity index is 1.55. The van der Waals surface area contributed by atoms with E-state index in [0.717, 1.165) is 20.6 Å². The zero-order valence-corrected chi connectivity index (χ0v) is 15.5. The van der Waals surface area contributed by atoms with Crippen LogP contribution in [0.5, 0.6) is 0 Å². The summed E-state index contributed by atoms with van der Waals surface area (Å²) in [5, 5.41) is 9.06. The first-order valence-corrected chi connectivity index (χ1v) is 9.68. The third kappa shape index (κ3) is 4.49. The van der Waals surface area contributed by atoms with Gasteiger partial charge in [-0.15, -0.1) is 10.2 Å². The number of piperazine rings is 1. The molecule has 25 heavy (non-hydrogen) atoms. The number of primary amides is 1. The van der Waals surface area contributed by atoms with Gasteiger partial charge in [0.05, 0.1) is 5.75 Å². The predicted octanol–water partition coefficient (Wildman–Crippen LogP) is 1.39. The fraction of sp³-hybridized carbons (Fsp3) is 0.375. The Kier molecular flexibility index (Phi) is 5.54. The third-order valence-corrected chi connectivity index (χ3v) is 6.01. The molecular formula is C16H19N5O2S2. The molecule has 1 aromatic heterocycles. The van der Waals surface area contributed by atoms with Crippen molar-refractivity contribution in [1.29, 1.82) is 0 Å². The third-order valence-electron chi connectivity index (χ3n) is 3.87. The number of anilines is 1. The molecule has 2 heterocycles. The maximum Gasteiger partial charge on any atom is 0.253 e. The summed E-state index contributed by atoms with van der Waals surface area (Å²) in [5.41, 5.74) is 7.00. The van der Waals surface area contributed by atoms with Gasteiger partial charge >= 0.3 is 0 Å². The number of aromatic nitrogens is 2. The van der Waals surface area contributed by atoms with E-state index in [1.54, 1.807) is 0 Å². The van der Waals surface area contributed by atoms with Gasteiger partial charge < -0.3 is 15.5 Å². The Bertz CT molecular complexity index is 754. The second-order valence-corrected chi connectivity index (χ2v) is 7.93. The molecule has 0 atom stereocenters. The van der Waals surface area contributed by atoms with Gasteiger partial charge in [0.15, 0.2) is 4.34 Å². The zero-order chi connectivity index (χ0) is 17.8. The van der Waals surface area contributed by atoms with Crippen molar-refractivity contribution in [1.82, 2.24) is 15.1 Å². The van der Waals surface area contributed by atoms with Gasteiger partial charge in [0.2, 0.25) is 11.0 Å². The summed E-state index contributed by atoms with van der Waals surface area (Å²) < 4.78 is 0.729. The van der Waals surface area contributed by atoms with E-state index in [4.69, 9.17) is 5.73 Å². The zero-order valence-electron chi connectivity index (χ0n) is 13.8. The fourth-order valence-corrected chi connectivity index (χ4v) is 4.13. The van der Waals surface area contributed by atoms with Crippen LogP contribution in [0, 0.1) is 6.92 Å². The van der Waals surface area contributed by atoms with E-state index < -0.39 is 0 Å². The fourth-order valence-electron chi connectivity index (χ4n) is 2.50. The molecule has 2 N–H and O–H groups in total. The highest BCUT2D eigenvalue weighted by Crippen LogP contribution is 2.28. The number of hydrogen-bond donors (Lipinski definition) is 1. The lowest BCUT2D eigenvalue weighted by molar-refractivity contribution is -0.115. The molecule has 9 heteroatoms. The van der Waals surface area contributed by atoms with Crippen molar-refractivity contribution in [3.63, 3.8) is 0 Å². The number of nitrogens with two attached hydrogens (primary N) is 1. The van der Waals surface area contributed by atoms with Gasteiger partial charge in [0, 0.05) is 31.7 Å². The van der Waals surface area contributed by atoms with E-state index in [1.807, 2.05) is 36.1 Å². The number of carbonyl (C=O) groups is 2. The molecule has 0 saturated carbocycles. The Labute approximate surface area is 154 Å². The minimum atomic E-state index is -0.370. The van der Waals surface area contributed by atoms with Crippen LogP contribution in [0.2, 0.25) is 0 Å². The number of rotatable bonds is 5. The van der Waals surface area contributed by atoms with E-state index in [9.17, 15) is 9.59 Å². The lowest BCUT2D eigenvalue weighted by atomic mass is 10.1. The summed E-state index contributed by atoms with van der Waals surface area (Å²) in [7, 11) is 0. The molecule has 1 aliphatic rings. The summed E-state index contributed by atoms with van der Waals surface area (Å²) in [6, 6.07) is 7.65. The Morgan fingerprint density at radius 3 is 2.48 bits per heavy atom. The molecule has 0 unspecified atom stereocenters. The van der Waals surface area contributed by atoms with Crippen molar-refractivity contribution < 1.29 is 9.59 Å². The number of benzene rings is 1. The van der Waals surface area contributed by atoms with Crippen LogP contribution in [-0.4, -0.2) is 58.8 Å². The van der Waals surface area contributed by atoms with E-state index in [1.165, 1.54) is 23.1 Å². The van der Waals surface area contributed by atoms with Gasteiger partial charge in [-0.1, -0.05) is 40.8 Å². The molecule has 0 radical (unpaired) electrons. The lowest BCUT2D eigenvalue weighted by Crippen LogP contribution is -2.48. The maximum atomic E-state index is 12.5. The summed E-state index contributed by atoms with van der Waals surface area (Å²) in [6.07, 6.45) is 0. The number of amides is 2. The summed E-state index contributed by atoms with van der Waals surface area (Å²) in [4.78, 5) is 27.4. The molecule has 0 bridgehead atoms. The molecule has 2 aromatic rings. The van der Waals surface area contributed by atoms with Crippen molar-refractivity contribution >= 4 is 40.0 Å². The number of carbonyl (C=O) groups excluding carboxylic acids is 2. The van der Waals surface area contributed by atoms with Crippen molar-refractivity contribution in [2.24, 2.45) is 5.73 Å². The SMILES string of the molecule is Cc1ccc(C(=O)N2CCN(c3nnc(SCC(N)=O)s3)CC2)cc1. The summed E-state index contributed by atoms with van der Waals surface area (Å²) in [6.45, 7) is 4.73. The van der Waals surface area contributed by atoms with Crippen molar-refractivity contribution in [2.75, 3.05) is 36.8 Å². The highest BCUT2D eigenvalue weighted by Gasteiger charge is 2.24. The van der Waals surface area contributed by atoms with Crippen molar-refractivity contribution in [2.45, 2.75) is 11.3 Å². The molecule has 1 saturated heterocycles. The van der Waals surface area contributed by atoms with E-state index in [0.29, 0.717) is 26.2 Å². The van der Waals surface area contributed by atoms with Gasteiger partial charge in [0.1, 0.15) is 0 Å². The molecule has 7 nitrogen and oxygen atoms in total. The van der Waals surface area contributed by atoms with Gasteiger partial charge in [-0.05, 0) is 19.1 Å². The molecule has 0 aliphatic carbocycles. The van der Waals surface area contributed by atoms with E-state index >= 15 is 0 Å². The minimum absolute atomic E-state index is 0.0645. The Hall–Kier alpha value is -2.13. The van der Waals surface area contributed by atoms with Gasteiger partial charge in [0.25, 0.3) is 5.91 Å². The van der Waals surface area contributed by atoms with Gasteiger partial charge in [-0.3, -0.25) is 9.59 Å². The smallest absolute Gasteiger partial charge is 0.253 e. The van der Waals surface area contributed by atoms with Crippen LogP contribution < -0.4 is 10.6 Å². The first-order valence-electron chi connectivity index (χ1n) is 7.88. The molecule has 3 rings (SSSR count). The molecular weight excluding hydrogens is 358 g/mol. The first-order chi connectivity index (χ1) is 12.0. The van der Waals surface area contributed by atoms with Crippen LogP contribution in [0.3, 0.4) is 0 Å². The highest BCUT2D eigenvalue weighted by molar-refractivity contribution is 8.01. The average Bonchev–Trinajstić information content (AvgIpc) is 3.09. The van der Waals surface area contributed by atoms with Gasteiger partial charge in [-0.25, -0.2) is 0 Å². The van der Waals surface area contributed by atoms with Gasteiger partial charge in [-0.2, -0.15) is 0 Å². The second kappa shape index (κ2) is 7.83. The summed E-state index contributed by atoms with van der Waals surface area (Å²) >= 11 is 2.74. The monoisotopic (exact) mass is 377 g/mol. The minimum Gasteiger partial charge on any atom is -0.369 e. The first kappa shape index (κ1) is 17.7. The van der Waals surface area contributed by atoms with Crippen LogP contribution in [0.15, 0.2) is 28.6 Å². The largest absolute Gasteiger partial charge is 0.369 e. The second-order valence-electron chi connectivity index (χ2n) is 5.75. The molecule has 1 aliphatic heterocycles. The number of hydrogen-bond acceptors (Lipinski definition) is 7. The van der Waals surface area contributed by atoms with Crippen molar-refractivity contribution in [3.05, 3.63) is 35.4 Å².